The van der Waals surface area contributed by atoms with Gasteiger partial charge in [-0.05, 0) is 43.0 Å². The summed E-state index contributed by atoms with van der Waals surface area (Å²) < 4.78 is 27.4. The van der Waals surface area contributed by atoms with Crippen LogP contribution in [0.3, 0.4) is 0 Å². The van der Waals surface area contributed by atoms with Gasteiger partial charge in [-0.25, -0.2) is 8.42 Å². The molecule has 0 bridgehead atoms. The first-order valence-electron chi connectivity index (χ1n) is 8.40. The minimum absolute atomic E-state index is 0.0167. The fourth-order valence-electron chi connectivity index (χ4n) is 2.99. The Morgan fingerprint density at radius 3 is 2.56 bits per heavy atom. The minimum Gasteiger partial charge on any atom is -0.312 e. The largest absolute Gasteiger partial charge is 0.312 e. The lowest BCUT2D eigenvalue weighted by atomic mass is 10.1. The van der Waals surface area contributed by atoms with Crippen LogP contribution in [-0.2, 0) is 21.2 Å². The van der Waals surface area contributed by atoms with Crippen LogP contribution >= 0.6 is 0 Å². The van der Waals surface area contributed by atoms with Crippen molar-refractivity contribution in [2.45, 2.75) is 26.2 Å². The van der Waals surface area contributed by atoms with Gasteiger partial charge in [0.25, 0.3) is 0 Å². The highest BCUT2D eigenvalue weighted by molar-refractivity contribution is 7.92. The van der Waals surface area contributed by atoms with Gasteiger partial charge in [-0.15, -0.1) is 0 Å². The highest BCUT2D eigenvalue weighted by Gasteiger charge is 2.23. The molecule has 1 heterocycles. The van der Waals surface area contributed by atoms with Crippen molar-refractivity contribution in [3.05, 3.63) is 59.7 Å². The first-order chi connectivity index (χ1) is 11.9. The van der Waals surface area contributed by atoms with Crippen molar-refractivity contribution in [1.82, 2.24) is 0 Å². The van der Waals surface area contributed by atoms with Gasteiger partial charge in [0.05, 0.1) is 11.4 Å². The maximum absolute atomic E-state index is 12.4. The summed E-state index contributed by atoms with van der Waals surface area (Å²) in [5, 5.41) is 0. The second-order valence-corrected chi connectivity index (χ2v) is 8.15. The predicted molar refractivity (Wildman–Crippen MR) is 100 cm³/mol. The zero-order valence-corrected chi connectivity index (χ0v) is 15.1. The van der Waals surface area contributed by atoms with Gasteiger partial charge in [0.1, 0.15) is 0 Å². The fourth-order valence-corrected chi connectivity index (χ4v) is 4.09. The third-order valence-electron chi connectivity index (χ3n) is 4.35. The van der Waals surface area contributed by atoms with E-state index >= 15 is 0 Å². The SMILES string of the molecule is Cc1ccc(NS(=O)(=O)CCc2ccccc2)cc1N1CCCC1=O. The Morgan fingerprint density at radius 2 is 1.88 bits per heavy atom. The molecule has 2 aromatic carbocycles. The second-order valence-electron chi connectivity index (χ2n) is 6.31. The standard InChI is InChI=1S/C19H22N2O3S/c1-15-9-10-17(14-18(15)21-12-5-8-19(21)22)20-25(23,24)13-11-16-6-3-2-4-7-16/h2-4,6-7,9-10,14,20H,5,8,11-13H2,1H3. The van der Waals surface area contributed by atoms with E-state index in [1.54, 1.807) is 17.0 Å². The van der Waals surface area contributed by atoms with Crippen LogP contribution in [0.15, 0.2) is 48.5 Å². The number of sulfonamides is 1. The number of hydrogen-bond donors (Lipinski definition) is 1. The molecule has 1 fully saturated rings. The molecule has 25 heavy (non-hydrogen) atoms. The summed E-state index contributed by atoms with van der Waals surface area (Å²) in [5.41, 5.74) is 3.22. The van der Waals surface area contributed by atoms with Crippen LogP contribution in [0, 0.1) is 6.92 Å². The number of amides is 1. The summed E-state index contributed by atoms with van der Waals surface area (Å²) in [6.45, 7) is 2.61. The van der Waals surface area contributed by atoms with Crippen molar-refractivity contribution < 1.29 is 13.2 Å². The number of aryl methyl sites for hydroxylation is 2. The first kappa shape index (κ1) is 17.5. The van der Waals surface area contributed by atoms with Gasteiger partial charge in [0.15, 0.2) is 0 Å². The molecule has 0 aliphatic carbocycles. The Bertz CT molecular complexity index is 863. The summed E-state index contributed by atoms with van der Waals surface area (Å²) in [6, 6.07) is 14.9. The fraction of sp³-hybridized carbons (Fsp3) is 0.316. The lowest BCUT2D eigenvalue weighted by Gasteiger charge is -2.19. The molecule has 1 saturated heterocycles. The first-order valence-corrected chi connectivity index (χ1v) is 10.1. The van der Waals surface area contributed by atoms with Crippen LogP contribution in [0.4, 0.5) is 11.4 Å². The molecule has 132 valence electrons. The average Bonchev–Trinajstić information content (AvgIpc) is 3.01. The molecule has 0 radical (unpaired) electrons. The van der Waals surface area contributed by atoms with E-state index in [4.69, 9.17) is 0 Å². The molecular weight excluding hydrogens is 336 g/mol. The molecule has 6 heteroatoms. The van der Waals surface area contributed by atoms with E-state index in [9.17, 15) is 13.2 Å². The molecule has 5 nitrogen and oxygen atoms in total. The highest BCUT2D eigenvalue weighted by atomic mass is 32.2. The topological polar surface area (TPSA) is 66.5 Å². The zero-order chi connectivity index (χ0) is 17.9. The second kappa shape index (κ2) is 7.27. The molecule has 3 rings (SSSR count). The molecule has 0 aromatic heterocycles. The molecule has 0 unspecified atom stereocenters. The van der Waals surface area contributed by atoms with E-state index in [1.807, 2.05) is 43.3 Å². The van der Waals surface area contributed by atoms with E-state index in [2.05, 4.69) is 4.72 Å². The Kier molecular flexibility index (Phi) is 5.08. The zero-order valence-electron chi connectivity index (χ0n) is 14.2. The number of nitrogens with one attached hydrogen (secondary N) is 1. The van der Waals surface area contributed by atoms with E-state index in [-0.39, 0.29) is 11.7 Å². The summed E-state index contributed by atoms with van der Waals surface area (Å²) in [6.07, 6.45) is 1.84. The lowest BCUT2D eigenvalue weighted by molar-refractivity contribution is -0.117. The summed E-state index contributed by atoms with van der Waals surface area (Å²) in [4.78, 5) is 13.7. The van der Waals surface area contributed by atoms with Crippen molar-refractivity contribution >= 4 is 27.3 Å². The molecule has 0 atom stereocenters. The number of hydrogen-bond acceptors (Lipinski definition) is 3. The number of nitrogens with zero attached hydrogens (tertiary/aromatic N) is 1. The van der Waals surface area contributed by atoms with Gasteiger partial charge in [-0.1, -0.05) is 36.4 Å². The number of rotatable bonds is 6. The third-order valence-corrected chi connectivity index (χ3v) is 5.64. The number of benzene rings is 2. The Hall–Kier alpha value is -2.34. The molecule has 2 aromatic rings. The van der Waals surface area contributed by atoms with Crippen LogP contribution in [0.1, 0.15) is 24.0 Å². The summed E-state index contributed by atoms with van der Waals surface area (Å²) in [7, 11) is -3.45. The molecular formula is C19H22N2O3S. The van der Waals surface area contributed by atoms with Gasteiger partial charge in [-0.3, -0.25) is 9.52 Å². The van der Waals surface area contributed by atoms with Gasteiger partial charge >= 0.3 is 0 Å². The van der Waals surface area contributed by atoms with Crippen molar-refractivity contribution in [2.75, 3.05) is 21.9 Å². The van der Waals surface area contributed by atoms with E-state index in [0.29, 0.717) is 25.1 Å². The Morgan fingerprint density at radius 1 is 1.12 bits per heavy atom. The van der Waals surface area contributed by atoms with Crippen LogP contribution in [-0.4, -0.2) is 26.6 Å². The van der Waals surface area contributed by atoms with Crippen molar-refractivity contribution in [3.63, 3.8) is 0 Å². The third kappa shape index (κ3) is 4.39. The van der Waals surface area contributed by atoms with E-state index < -0.39 is 10.0 Å². The van der Waals surface area contributed by atoms with Crippen LogP contribution in [0.2, 0.25) is 0 Å². The van der Waals surface area contributed by atoms with Crippen molar-refractivity contribution in [2.24, 2.45) is 0 Å². The predicted octanol–water partition coefficient (Wildman–Crippen LogP) is 3.11. The van der Waals surface area contributed by atoms with E-state index in [0.717, 1.165) is 23.2 Å². The smallest absolute Gasteiger partial charge is 0.233 e. The quantitative estimate of drug-likeness (QED) is 0.863. The Balaban J connectivity index is 1.72. The summed E-state index contributed by atoms with van der Waals surface area (Å²) >= 11 is 0. The van der Waals surface area contributed by atoms with Crippen molar-refractivity contribution in [3.8, 4) is 0 Å². The number of anilines is 2. The molecule has 1 aliphatic heterocycles. The maximum Gasteiger partial charge on any atom is 0.233 e. The molecule has 0 spiro atoms. The van der Waals surface area contributed by atoms with Gasteiger partial charge in [0.2, 0.25) is 15.9 Å². The minimum atomic E-state index is -3.45. The Labute approximate surface area is 148 Å². The van der Waals surface area contributed by atoms with E-state index in [1.165, 1.54) is 0 Å². The number of carbonyl (C=O) groups excluding carboxylic acids is 1. The van der Waals surface area contributed by atoms with Gasteiger partial charge in [0, 0.05) is 18.7 Å². The lowest BCUT2D eigenvalue weighted by Crippen LogP contribution is -2.25. The molecule has 1 amide bonds. The van der Waals surface area contributed by atoms with Crippen LogP contribution < -0.4 is 9.62 Å². The normalized spacial score (nSPS) is 14.8. The number of carbonyl (C=O) groups is 1. The monoisotopic (exact) mass is 358 g/mol. The van der Waals surface area contributed by atoms with Crippen LogP contribution in [0.25, 0.3) is 0 Å². The molecule has 1 N–H and O–H groups in total. The van der Waals surface area contributed by atoms with Crippen molar-refractivity contribution in [1.29, 1.82) is 0 Å². The van der Waals surface area contributed by atoms with Crippen LogP contribution in [0.5, 0.6) is 0 Å². The average molecular weight is 358 g/mol. The maximum atomic E-state index is 12.4. The van der Waals surface area contributed by atoms with Gasteiger partial charge < -0.3 is 4.90 Å². The van der Waals surface area contributed by atoms with Gasteiger partial charge in [-0.2, -0.15) is 0 Å². The summed E-state index contributed by atoms with van der Waals surface area (Å²) in [5.74, 6) is 0.107. The molecule has 1 aliphatic rings. The molecule has 0 saturated carbocycles. The highest BCUT2D eigenvalue weighted by Crippen LogP contribution is 2.28.